The first kappa shape index (κ1) is 14.0. The van der Waals surface area contributed by atoms with Gasteiger partial charge in [-0.3, -0.25) is 0 Å². The molecule has 1 saturated carbocycles. The van der Waals surface area contributed by atoms with Gasteiger partial charge in [0, 0.05) is 5.92 Å². The molecule has 0 spiro atoms. The molecule has 0 amide bonds. The molecule has 0 unspecified atom stereocenters. The Kier molecular flexibility index (Phi) is 2.95. The van der Waals surface area contributed by atoms with E-state index in [9.17, 15) is 5.11 Å². The summed E-state index contributed by atoms with van der Waals surface area (Å²) in [6, 6.07) is 27.5. The van der Waals surface area contributed by atoms with Crippen LogP contribution in [-0.4, -0.2) is 5.11 Å². The summed E-state index contributed by atoms with van der Waals surface area (Å²) in [6.45, 7) is 0. The number of hydrogen-bond acceptors (Lipinski definition) is 1. The Balaban J connectivity index is 1.62. The van der Waals surface area contributed by atoms with Gasteiger partial charge >= 0.3 is 0 Å². The number of hydrogen-bond donors (Lipinski definition) is 1. The van der Waals surface area contributed by atoms with Crippen LogP contribution in [-0.2, 0) is 12.0 Å². The lowest BCUT2D eigenvalue weighted by Gasteiger charge is -2.56. The van der Waals surface area contributed by atoms with E-state index in [1.165, 1.54) is 22.3 Å². The highest BCUT2D eigenvalue weighted by atomic mass is 16.3. The van der Waals surface area contributed by atoms with E-state index < -0.39 is 5.60 Å². The Hall–Kier alpha value is -2.38. The van der Waals surface area contributed by atoms with Gasteiger partial charge in [-0.2, -0.15) is 0 Å². The van der Waals surface area contributed by atoms with E-state index in [0.29, 0.717) is 0 Å². The van der Waals surface area contributed by atoms with Crippen molar-refractivity contribution in [3.8, 4) is 11.1 Å². The Morgan fingerprint density at radius 3 is 2.29 bits per heavy atom. The van der Waals surface area contributed by atoms with Crippen molar-refractivity contribution in [2.75, 3.05) is 0 Å². The molecule has 1 heteroatoms. The van der Waals surface area contributed by atoms with Crippen LogP contribution in [0.2, 0.25) is 0 Å². The van der Waals surface area contributed by atoms with E-state index in [4.69, 9.17) is 0 Å². The van der Waals surface area contributed by atoms with E-state index in [1.807, 2.05) is 6.07 Å². The molecule has 3 aromatic carbocycles. The third-order valence-electron chi connectivity index (χ3n) is 5.98. The number of benzene rings is 3. The molecule has 5 rings (SSSR count). The molecule has 0 radical (unpaired) electrons. The molecule has 1 N–H and O–H groups in total. The zero-order valence-electron chi connectivity index (χ0n) is 13.5. The number of rotatable bonds is 2. The molecule has 0 aliphatic heterocycles. The Bertz CT molecular complexity index is 899. The second kappa shape index (κ2) is 5.06. The van der Waals surface area contributed by atoms with Gasteiger partial charge in [-0.15, -0.1) is 0 Å². The molecule has 1 nitrogen and oxygen atoms in total. The predicted molar refractivity (Wildman–Crippen MR) is 96.8 cm³/mol. The molecule has 0 bridgehead atoms. The number of aliphatic hydroxyl groups is 1. The summed E-state index contributed by atoms with van der Waals surface area (Å²) in [6.07, 6.45) is 1.99. The molecular formula is C23H20O. The van der Waals surface area contributed by atoms with Gasteiger partial charge in [0.2, 0.25) is 0 Å². The van der Waals surface area contributed by atoms with Crippen molar-refractivity contribution in [3.63, 3.8) is 0 Å². The highest BCUT2D eigenvalue weighted by molar-refractivity contribution is 5.77. The summed E-state index contributed by atoms with van der Waals surface area (Å²) in [5, 5.41) is 11.7. The fourth-order valence-electron chi connectivity index (χ4n) is 4.79. The fraction of sp³-hybridized carbons (Fsp3) is 0.217. The zero-order valence-corrected chi connectivity index (χ0v) is 13.5. The largest absolute Gasteiger partial charge is 0.384 e. The lowest BCUT2D eigenvalue weighted by molar-refractivity contribution is -0.126. The first-order valence-electron chi connectivity index (χ1n) is 8.73. The van der Waals surface area contributed by atoms with Crippen molar-refractivity contribution in [1.82, 2.24) is 0 Å². The van der Waals surface area contributed by atoms with Crippen LogP contribution in [0.4, 0.5) is 0 Å². The molecule has 118 valence electrons. The number of fused-ring (bicyclic) bond motifs is 6. The van der Waals surface area contributed by atoms with Crippen LogP contribution in [0.1, 0.15) is 29.0 Å². The molecule has 1 fully saturated rings. The van der Waals surface area contributed by atoms with Gasteiger partial charge in [-0.25, -0.2) is 0 Å². The fourth-order valence-corrected chi connectivity index (χ4v) is 4.79. The van der Waals surface area contributed by atoms with E-state index in [1.54, 1.807) is 0 Å². The second-order valence-corrected chi connectivity index (χ2v) is 7.13. The summed E-state index contributed by atoms with van der Waals surface area (Å²) >= 11 is 0. The lowest BCUT2D eigenvalue weighted by Crippen LogP contribution is -2.54. The minimum absolute atomic E-state index is 0.220. The summed E-state index contributed by atoms with van der Waals surface area (Å²) < 4.78 is 0. The van der Waals surface area contributed by atoms with E-state index >= 15 is 0 Å². The summed E-state index contributed by atoms with van der Waals surface area (Å²) in [4.78, 5) is 0. The van der Waals surface area contributed by atoms with Crippen molar-refractivity contribution in [3.05, 3.63) is 95.6 Å². The van der Waals surface area contributed by atoms with Crippen molar-refractivity contribution in [2.24, 2.45) is 5.92 Å². The lowest BCUT2D eigenvalue weighted by atomic mass is 9.51. The third kappa shape index (κ3) is 1.79. The van der Waals surface area contributed by atoms with Gasteiger partial charge < -0.3 is 5.11 Å². The highest BCUT2D eigenvalue weighted by Gasteiger charge is 2.58. The normalized spacial score (nSPS) is 26.7. The van der Waals surface area contributed by atoms with E-state index in [-0.39, 0.29) is 11.8 Å². The minimum Gasteiger partial charge on any atom is -0.384 e. The minimum atomic E-state index is -0.735. The molecule has 0 aromatic heterocycles. The molecule has 0 heterocycles. The zero-order chi connectivity index (χ0) is 16.1. The Morgan fingerprint density at radius 1 is 0.792 bits per heavy atom. The van der Waals surface area contributed by atoms with Crippen LogP contribution >= 0.6 is 0 Å². The van der Waals surface area contributed by atoms with Crippen LogP contribution in [0.15, 0.2) is 78.9 Å². The smallest absolute Gasteiger partial charge is 0.100 e. The maximum absolute atomic E-state index is 11.7. The van der Waals surface area contributed by atoms with E-state index in [2.05, 4.69) is 72.8 Å². The SMILES string of the molecule is O[C@]12c3ccccc3-c3ccccc3[C@H]1C[C@@H]2Cc1ccccc1. The Morgan fingerprint density at radius 2 is 1.46 bits per heavy atom. The quantitative estimate of drug-likeness (QED) is 0.713. The summed E-state index contributed by atoms with van der Waals surface area (Å²) in [5.41, 5.74) is 5.49. The molecule has 0 saturated heterocycles. The monoisotopic (exact) mass is 312 g/mol. The first-order valence-corrected chi connectivity index (χ1v) is 8.73. The molecule has 3 atom stereocenters. The van der Waals surface area contributed by atoms with Gasteiger partial charge in [0.15, 0.2) is 0 Å². The van der Waals surface area contributed by atoms with Gasteiger partial charge in [-0.1, -0.05) is 78.9 Å². The van der Waals surface area contributed by atoms with E-state index in [0.717, 1.165) is 18.4 Å². The van der Waals surface area contributed by atoms with Gasteiger partial charge in [0.05, 0.1) is 0 Å². The molecule has 2 aliphatic rings. The summed E-state index contributed by atoms with van der Waals surface area (Å²) in [5.74, 6) is 0.497. The second-order valence-electron chi connectivity index (χ2n) is 7.13. The van der Waals surface area contributed by atoms with Gasteiger partial charge in [0.25, 0.3) is 0 Å². The topological polar surface area (TPSA) is 20.2 Å². The van der Waals surface area contributed by atoms with Crippen LogP contribution in [0.3, 0.4) is 0 Å². The standard InChI is InChI=1S/C23H20O/c24-23-17(14-16-8-2-1-3-9-16)15-22(23)20-12-5-4-10-18(20)19-11-6-7-13-21(19)23/h1-13,17,22,24H,14-15H2/t17-,22+,23+/m0/s1. The van der Waals surface area contributed by atoms with Gasteiger partial charge in [-0.05, 0) is 46.6 Å². The highest BCUT2D eigenvalue weighted by Crippen LogP contribution is 2.63. The maximum Gasteiger partial charge on any atom is 0.100 e. The van der Waals surface area contributed by atoms with Crippen LogP contribution in [0.25, 0.3) is 11.1 Å². The van der Waals surface area contributed by atoms with Crippen molar-refractivity contribution >= 4 is 0 Å². The average molecular weight is 312 g/mol. The summed E-state index contributed by atoms with van der Waals surface area (Å²) in [7, 11) is 0. The van der Waals surface area contributed by atoms with Crippen molar-refractivity contribution in [2.45, 2.75) is 24.4 Å². The molecule has 3 aromatic rings. The molecular weight excluding hydrogens is 292 g/mol. The van der Waals surface area contributed by atoms with Crippen LogP contribution in [0.5, 0.6) is 0 Å². The van der Waals surface area contributed by atoms with Gasteiger partial charge in [0.1, 0.15) is 5.60 Å². The first-order chi connectivity index (χ1) is 11.8. The Labute approximate surface area is 142 Å². The van der Waals surface area contributed by atoms with Crippen molar-refractivity contribution < 1.29 is 5.11 Å². The predicted octanol–water partition coefficient (Wildman–Crippen LogP) is 4.90. The van der Waals surface area contributed by atoms with Crippen molar-refractivity contribution in [1.29, 1.82) is 0 Å². The van der Waals surface area contributed by atoms with Crippen LogP contribution < -0.4 is 0 Å². The average Bonchev–Trinajstić information content (AvgIpc) is 2.64. The third-order valence-corrected chi connectivity index (χ3v) is 5.98. The maximum atomic E-state index is 11.7. The molecule has 2 aliphatic carbocycles. The molecule has 24 heavy (non-hydrogen) atoms. The van der Waals surface area contributed by atoms with Crippen LogP contribution in [0, 0.1) is 5.92 Å².